The summed E-state index contributed by atoms with van der Waals surface area (Å²) in [6.45, 7) is 8.01. The van der Waals surface area contributed by atoms with Crippen LogP contribution in [0.3, 0.4) is 0 Å². The third-order valence-corrected chi connectivity index (χ3v) is 6.85. The third-order valence-electron chi connectivity index (χ3n) is 6.85. The van der Waals surface area contributed by atoms with Crippen molar-refractivity contribution in [3.05, 3.63) is 65.5 Å². The van der Waals surface area contributed by atoms with Gasteiger partial charge in [-0.15, -0.1) is 0 Å². The van der Waals surface area contributed by atoms with Gasteiger partial charge in [0.15, 0.2) is 0 Å². The van der Waals surface area contributed by atoms with Gasteiger partial charge in [-0.05, 0) is 64.2 Å². The lowest BCUT2D eigenvalue weighted by Gasteiger charge is -2.32. The Morgan fingerprint density at radius 2 is 1.74 bits per heavy atom. The summed E-state index contributed by atoms with van der Waals surface area (Å²) in [5.41, 5.74) is 6.16. The molecule has 1 aromatic carbocycles. The zero-order valence-corrected chi connectivity index (χ0v) is 21.2. The molecule has 2 amide bonds. The Bertz CT molecular complexity index is 999. The third kappa shape index (κ3) is 6.48. The number of hydrogen-bond acceptors (Lipinski definition) is 6. The Morgan fingerprint density at radius 3 is 2.34 bits per heavy atom. The maximum atomic E-state index is 13.5. The molecular formula is C26H36BN3O5. The van der Waals surface area contributed by atoms with E-state index in [-0.39, 0.29) is 18.2 Å². The minimum Gasteiger partial charge on any atom is -0.402 e. The Morgan fingerprint density at radius 1 is 1.09 bits per heavy atom. The predicted octanol–water partition coefficient (Wildman–Crippen LogP) is 3.05. The first kappa shape index (κ1) is 26.9. The summed E-state index contributed by atoms with van der Waals surface area (Å²) in [5.74, 6) is -2.17. The molecule has 0 saturated carbocycles. The minimum atomic E-state index is -0.768. The van der Waals surface area contributed by atoms with Crippen molar-refractivity contribution in [3.63, 3.8) is 0 Å². The van der Waals surface area contributed by atoms with Gasteiger partial charge in [-0.2, -0.15) is 0 Å². The summed E-state index contributed by atoms with van der Waals surface area (Å²) in [6, 6.07) is 13.5. The van der Waals surface area contributed by atoms with E-state index in [0.29, 0.717) is 12.0 Å². The molecule has 1 aliphatic rings. The number of primary amides is 1. The first-order valence-electron chi connectivity index (χ1n) is 12.0. The van der Waals surface area contributed by atoms with Crippen LogP contribution in [0, 0.1) is 0 Å². The number of aryl methyl sites for hydroxylation is 1. The van der Waals surface area contributed by atoms with Gasteiger partial charge < -0.3 is 25.1 Å². The molecule has 1 aromatic heterocycles. The highest BCUT2D eigenvalue weighted by Crippen LogP contribution is 2.38. The standard InChI is InChI=1S/C26H36BN3O5/c1-25(2)26(3,4)35-27(34-25)21(15-9-13-18-11-7-6-8-12-18)30-24(32)20(17-33-5)19-14-10-16-29-22(19)23(28)31/h6-8,10-12,14,16,20-21H,9,13,15,17H2,1-5H3,(H2,28,31)(H,30,32)/t20-,21-/m0/s1. The van der Waals surface area contributed by atoms with E-state index < -0.39 is 36.1 Å². The summed E-state index contributed by atoms with van der Waals surface area (Å²) in [7, 11) is 0.888. The monoisotopic (exact) mass is 481 g/mol. The van der Waals surface area contributed by atoms with E-state index in [1.165, 1.54) is 18.9 Å². The van der Waals surface area contributed by atoms with Crippen molar-refractivity contribution >= 4 is 18.9 Å². The maximum absolute atomic E-state index is 13.5. The Labute approximate surface area is 208 Å². The molecule has 0 aliphatic carbocycles. The molecule has 0 unspecified atom stereocenters. The number of rotatable bonds is 11. The van der Waals surface area contributed by atoms with Crippen molar-refractivity contribution in [1.82, 2.24) is 10.3 Å². The van der Waals surface area contributed by atoms with E-state index >= 15 is 0 Å². The maximum Gasteiger partial charge on any atom is 0.481 e. The van der Waals surface area contributed by atoms with Crippen molar-refractivity contribution < 1.29 is 23.6 Å². The quantitative estimate of drug-likeness (QED) is 0.477. The predicted molar refractivity (Wildman–Crippen MR) is 135 cm³/mol. The fourth-order valence-electron chi connectivity index (χ4n) is 4.16. The van der Waals surface area contributed by atoms with Gasteiger partial charge in [0, 0.05) is 13.3 Å². The number of methoxy groups -OCH3 is 1. The Hall–Kier alpha value is -2.75. The lowest BCUT2D eigenvalue weighted by molar-refractivity contribution is -0.124. The Balaban J connectivity index is 1.82. The number of amides is 2. The van der Waals surface area contributed by atoms with Crippen LogP contribution < -0.4 is 11.1 Å². The molecule has 9 heteroatoms. The lowest BCUT2D eigenvalue weighted by Crippen LogP contribution is -2.50. The summed E-state index contributed by atoms with van der Waals surface area (Å²) < 4.78 is 17.9. The topological polar surface area (TPSA) is 113 Å². The van der Waals surface area contributed by atoms with E-state index in [9.17, 15) is 9.59 Å². The lowest BCUT2D eigenvalue weighted by atomic mass is 9.74. The molecule has 35 heavy (non-hydrogen) atoms. The molecule has 2 atom stereocenters. The van der Waals surface area contributed by atoms with Gasteiger partial charge in [0.1, 0.15) is 5.69 Å². The molecule has 0 radical (unpaired) electrons. The fourth-order valence-corrected chi connectivity index (χ4v) is 4.16. The molecular weight excluding hydrogens is 445 g/mol. The van der Waals surface area contributed by atoms with E-state index in [1.807, 2.05) is 45.9 Å². The molecule has 1 fully saturated rings. The molecule has 1 saturated heterocycles. The SMILES string of the molecule is COC[C@H](C(=O)N[C@@H](CCCc1ccccc1)B1OC(C)(C)C(C)(C)O1)c1cccnc1C(N)=O. The van der Waals surface area contributed by atoms with E-state index in [2.05, 4.69) is 22.4 Å². The number of nitrogens with two attached hydrogens (primary N) is 1. The number of nitrogens with zero attached hydrogens (tertiary/aromatic N) is 1. The van der Waals surface area contributed by atoms with Crippen LogP contribution in [0.25, 0.3) is 0 Å². The van der Waals surface area contributed by atoms with E-state index in [1.54, 1.807) is 12.1 Å². The van der Waals surface area contributed by atoms with E-state index in [0.717, 1.165) is 12.8 Å². The van der Waals surface area contributed by atoms with Crippen LogP contribution in [0.1, 0.15) is 68.1 Å². The highest BCUT2D eigenvalue weighted by molar-refractivity contribution is 6.48. The number of hydrogen-bond donors (Lipinski definition) is 2. The molecule has 0 spiro atoms. The molecule has 1 aliphatic heterocycles. The zero-order valence-electron chi connectivity index (χ0n) is 21.2. The van der Waals surface area contributed by atoms with Crippen molar-refractivity contribution in [2.75, 3.05) is 13.7 Å². The number of pyridine rings is 1. The number of benzene rings is 1. The largest absolute Gasteiger partial charge is 0.481 e. The number of carbonyl (C=O) groups excluding carboxylic acids is 2. The average molecular weight is 481 g/mol. The number of aromatic nitrogens is 1. The van der Waals surface area contributed by atoms with Gasteiger partial charge in [0.2, 0.25) is 5.91 Å². The second-order valence-corrected chi connectivity index (χ2v) is 9.93. The van der Waals surface area contributed by atoms with Crippen molar-refractivity contribution in [2.45, 2.75) is 70.0 Å². The second kappa shape index (κ2) is 11.3. The van der Waals surface area contributed by atoms with Crippen LogP contribution in [0.5, 0.6) is 0 Å². The number of carbonyl (C=O) groups is 2. The van der Waals surface area contributed by atoms with Crippen LogP contribution in [-0.4, -0.2) is 54.8 Å². The smallest absolute Gasteiger partial charge is 0.402 e. The highest BCUT2D eigenvalue weighted by Gasteiger charge is 2.54. The van der Waals surface area contributed by atoms with Crippen molar-refractivity contribution in [1.29, 1.82) is 0 Å². The average Bonchev–Trinajstić information content (AvgIpc) is 3.04. The van der Waals surface area contributed by atoms with Crippen molar-refractivity contribution in [3.8, 4) is 0 Å². The first-order valence-corrected chi connectivity index (χ1v) is 12.0. The number of nitrogens with one attached hydrogen (secondary N) is 1. The zero-order chi connectivity index (χ0) is 25.6. The van der Waals surface area contributed by atoms with Crippen LogP contribution in [-0.2, 0) is 25.3 Å². The molecule has 3 N–H and O–H groups in total. The van der Waals surface area contributed by atoms with Gasteiger partial charge in [-0.3, -0.25) is 14.6 Å². The van der Waals surface area contributed by atoms with Crippen LogP contribution in [0.4, 0.5) is 0 Å². The van der Waals surface area contributed by atoms with E-state index in [4.69, 9.17) is 19.8 Å². The normalized spacial score (nSPS) is 18.1. The molecule has 188 valence electrons. The minimum absolute atomic E-state index is 0.0564. The van der Waals surface area contributed by atoms with Gasteiger partial charge >= 0.3 is 7.12 Å². The van der Waals surface area contributed by atoms with Crippen LogP contribution in [0.15, 0.2) is 48.7 Å². The molecule has 2 aromatic rings. The van der Waals surface area contributed by atoms with Gasteiger partial charge in [-0.25, -0.2) is 0 Å². The molecule has 0 bridgehead atoms. The summed E-state index contributed by atoms with van der Waals surface area (Å²) in [4.78, 5) is 29.6. The summed E-state index contributed by atoms with van der Waals surface area (Å²) >= 11 is 0. The van der Waals surface area contributed by atoms with Gasteiger partial charge in [-0.1, -0.05) is 36.4 Å². The van der Waals surface area contributed by atoms with Crippen LogP contribution in [0.2, 0.25) is 0 Å². The number of ether oxygens (including phenoxy) is 1. The van der Waals surface area contributed by atoms with Gasteiger partial charge in [0.25, 0.3) is 5.91 Å². The van der Waals surface area contributed by atoms with Crippen molar-refractivity contribution in [2.24, 2.45) is 5.73 Å². The summed E-state index contributed by atoms with van der Waals surface area (Å²) in [6.07, 6.45) is 3.81. The summed E-state index contributed by atoms with van der Waals surface area (Å²) in [5, 5.41) is 3.12. The van der Waals surface area contributed by atoms with Crippen LogP contribution >= 0.6 is 0 Å². The highest BCUT2D eigenvalue weighted by atomic mass is 16.7. The second-order valence-electron chi connectivity index (χ2n) is 9.93. The molecule has 2 heterocycles. The Kier molecular flexibility index (Phi) is 8.69. The molecule has 8 nitrogen and oxygen atoms in total. The fraction of sp³-hybridized carbons (Fsp3) is 0.500. The van der Waals surface area contributed by atoms with Gasteiger partial charge in [0.05, 0.1) is 29.7 Å². The first-order chi connectivity index (χ1) is 16.6. The molecule has 3 rings (SSSR count).